The van der Waals surface area contributed by atoms with E-state index in [4.69, 9.17) is 14.5 Å². The van der Waals surface area contributed by atoms with Crippen molar-refractivity contribution in [3.8, 4) is 11.5 Å². The molecule has 0 spiro atoms. The summed E-state index contributed by atoms with van der Waals surface area (Å²) in [7, 11) is -4.17. The van der Waals surface area contributed by atoms with E-state index in [-0.39, 0.29) is 11.7 Å². The van der Waals surface area contributed by atoms with Crippen molar-refractivity contribution in [2.24, 2.45) is 0 Å². The molecule has 0 atom stereocenters. The number of ether oxygens (including phenoxy) is 1. The Balaban J connectivity index is 2.06. The molecule has 0 aliphatic rings. The summed E-state index contributed by atoms with van der Waals surface area (Å²) in [4.78, 5) is 22.0. The molecule has 0 aliphatic carbocycles. The molecule has 0 saturated heterocycles. The maximum absolute atomic E-state index is 10.8. The van der Waals surface area contributed by atoms with Crippen molar-refractivity contribution in [2.75, 3.05) is 6.35 Å². The summed E-state index contributed by atoms with van der Waals surface area (Å²) in [5.41, 5.74) is 2.50. The molecular formula is C16H20NO5P. The second kappa shape index (κ2) is 7.13. The second-order valence-electron chi connectivity index (χ2n) is 5.62. The van der Waals surface area contributed by atoms with Gasteiger partial charge in [-0.3, -0.25) is 9.55 Å². The standard InChI is InChI=1S/C16H20NO5P/c1-11(2)16-15(18)8-5-13(17-16)9-12-3-6-14(7-4-12)22-10-23(19,20)21/h3-8,11,18H,9-10H2,1-2H3,(H2,19,20,21). The van der Waals surface area contributed by atoms with E-state index in [1.165, 1.54) is 0 Å². The number of nitrogens with zero attached hydrogens (tertiary/aromatic N) is 1. The Kier molecular flexibility index (Phi) is 5.42. The summed E-state index contributed by atoms with van der Waals surface area (Å²) < 4.78 is 15.8. The van der Waals surface area contributed by atoms with Crippen LogP contribution in [0.3, 0.4) is 0 Å². The third kappa shape index (κ3) is 5.36. The van der Waals surface area contributed by atoms with Crippen LogP contribution >= 0.6 is 7.60 Å². The van der Waals surface area contributed by atoms with Crippen LogP contribution in [0.5, 0.6) is 11.5 Å². The Hall–Kier alpha value is -1.88. The maximum atomic E-state index is 10.8. The van der Waals surface area contributed by atoms with Gasteiger partial charge in [-0.25, -0.2) is 0 Å². The number of aromatic nitrogens is 1. The lowest BCUT2D eigenvalue weighted by atomic mass is 10.1. The minimum absolute atomic E-state index is 0.137. The Bertz CT molecular complexity index is 709. The van der Waals surface area contributed by atoms with Gasteiger partial charge in [-0.1, -0.05) is 26.0 Å². The van der Waals surface area contributed by atoms with Gasteiger partial charge in [0.2, 0.25) is 0 Å². The van der Waals surface area contributed by atoms with Gasteiger partial charge in [0.25, 0.3) is 0 Å². The molecule has 7 heteroatoms. The number of benzene rings is 1. The highest BCUT2D eigenvalue weighted by molar-refractivity contribution is 7.51. The number of rotatable bonds is 6. The number of hydrogen-bond acceptors (Lipinski definition) is 4. The van der Waals surface area contributed by atoms with Gasteiger partial charge in [0.15, 0.2) is 6.35 Å². The minimum Gasteiger partial charge on any atom is -0.506 e. The SMILES string of the molecule is CC(C)c1nc(Cc2ccc(OCP(=O)(O)O)cc2)ccc1O. The summed E-state index contributed by atoms with van der Waals surface area (Å²) in [6, 6.07) is 10.4. The first-order valence-electron chi connectivity index (χ1n) is 7.19. The fraction of sp³-hybridized carbons (Fsp3) is 0.312. The van der Waals surface area contributed by atoms with Crippen molar-refractivity contribution in [1.29, 1.82) is 0 Å². The smallest absolute Gasteiger partial charge is 0.362 e. The first kappa shape index (κ1) is 17.5. The van der Waals surface area contributed by atoms with Crippen LogP contribution in [-0.4, -0.2) is 26.2 Å². The Morgan fingerprint density at radius 1 is 1.13 bits per heavy atom. The van der Waals surface area contributed by atoms with E-state index in [0.29, 0.717) is 17.9 Å². The molecule has 1 heterocycles. The van der Waals surface area contributed by atoms with Gasteiger partial charge >= 0.3 is 7.60 Å². The molecular weight excluding hydrogens is 317 g/mol. The number of pyridine rings is 1. The Morgan fingerprint density at radius 2 is 1.78 bits per heavy atom. The molecule has 0 fully saturated rings. The van der Waals surface area contributed by atoms with Crippen LogP contribution < -0.4 is 4.74 Å². The normalized spacial score (nSPS) is 11.7. The minimum atomic E-state index is -4.17. The largest absolute Gasteiger partial charge is 0.506 e. The van der Waals surface area contributed by atoms with Crippen molar-refractivity contribution >= 4 is 7.60 Å². The van der Waals surface area contributed by atoms with Gasteiger partial charge in [-0.15, -0.1) is 0 Å². The molecule has 0 amide bonds. The van der Waals surface area contributed by atoms with Crippen molar-refractivity contribution in [2.45, 2.75) is 26.2 Å². The van der Waals surface area contributed by atoms with Gasteiger partial charge in [0.1, 0.15) is 11.5 Å². The van der Waals surface area contributed by atoms with Gasteiger partial charge in [0.05, 0.1) is 5.69 Å². The van der Waals surface area contributed by atoms with Crippen LogP contribution in [0, 0.1) is 0 Å². The zero-order valence-electron chi connectivity index (χ0n) is 13.0. The average molecular weight is 337 g/mol. The van der Waals surface area contributed by atoms with Crippen LogP contribution in [0.25, 0.3) is 0 Å². The van der Waals surface area contributed by atoms with Crippen LogP contribution in [0.15, 0.2) is 36.4 Å². The Labute approximate surface area is 134 Å². The molecule has 124 valence electrons. The van der Waals surface area contributed by atoms with E-state index >= 15 is 0 Å². The first-order valence-corrected chi connectivity index (χ1v) is 8.99. The molecule has 3 N–H and O–H groups in total. The quantitative estimate of drug-likeness (QED) is 0.701. The van der Waals surface area contributed by atoms with E-state index in [9.17, 15) is 9.67 Å². The van der Waals surface area contributed by atoms with Crippen molar-refractivity contribution in [3.63, 3.8) is 0 Å². The first-order chi connectivity index (χ1) is 10.7. The lowest BCUT2D eigenvalue weighted by Gasteiger charge is -2.10. The lowest BCUT2D eigenvalue weighted by Crippen LogP contribution is -2.00. The third-order valence-electron chi connectivity index (χ3n) is 3.21. The van der Waals surface area contributed by atoms with Crippen LogP contribution in [0.1, 0.15) is 36.7 Å². The summed E-state index contributed by atoms with van der Waals surface area (Å²) in [6.07, 6.45) is -0.0393. The summed E-state index contributed by atoms with van der Waals surface area (Å²) in [5.74, 6) is 0.738. The maximum Gasteiger partial charge on any atom is 0.362 e. The molecule has 2 aromatic rings. The fourth-order valence-corrected chi connectivity index (χ4v) is 2.42. The monoisotopic (exact) mass is 337 g/mol. The molecule has 2 rings (SSSR count). The summed E-state index contributed by atoms with van der Waals surface area (Å²) in [6.45, 7) is 3.94. The van der Waals surface area contributed by atoms with Crippen LogP contribution in [0.2, 0.25) is 0 Å². The molecule has 0 saturated carbocycles. The zero-order chi connectivity index (χ0) is 17.0. The average Bonchev–Trinajstić information content (AvgIpc) is 2.47. The van der Waals surface area contributed by atoms with E-state index in [1.807, 2.05) is 26.0 Å². The summed E-state index contributed by atoms with van der Waals surface area (Å²) in [5, 5.41) is 9.79. The van der Waals surface area contributed by atoms with Gasteiger partial charge in [-0.05, 0) is 35.7 Å². The van der Waals surface area contributed by atoms with Gasteiger partial charge < -0.3 is 19.6 Å². The fourth-order valence-electron chi connectivity index (χ4n) is 2.10. The van der Waals surface area contributed by atoms with Gasteiger partial charge in [0, 0.05) is 12.1 Å². The van der Waals surface area contributed by atoms with Crippen molar-refractivity contribution in [1.82, 2.24) is 4.98 Å². The number of aromatic hydroxyl groups is 1. The van der Waals surface area contributed by atoms with E-state index in [2.05, 4.69) is 4.98 Å². The molecule has 23 heavy (non-hydrogen) atoms. The third-order valence-corrected chi connectivity index (χ3v) is 3.68. The van der Waals surface area contributed by atoms with Crippen molar-refractivity contribution in [3.05, 3.63) is 53.3 Å². The molecule has 6 nitrogen and oxygen atoms in total. The highest BCUT2D eigenvalue weighted by Gasteiger charge is 2.13. The summed E-state index contributed by atoms with van der Waals surface area (Å²) >= 11 is 0. The molecule has 0 unspecified atom stereocenters. The second-order valence-corrected chi connectivity index (χ2v) is 7.21. The highest BCUT2D eigenvalue weighted by Crippen LogP contribution is 2.34. The Morgan fingerprint density at radius 3 is 2.35 bits per heavy atom. The topological polar surface area (TPSA) is 99.9 Å². The van der Waals surface area contributed by atoms with E-state index in [0.717, 1.165) is 11.3 Å². The van der Waals surface area contributed by atoms with Gasteiger partial charge in [-0.2, -0.15) is 0 Å². The van der Waals surface area contributed by atoms with E-state index < -0.39 is 13.9 Å². The molecule has 1 aromatic carbocycles. The zero-order valence-corrected chi connectivity index (χ0v) is 13.9. The van der Waals surface area contributed by atoms with Crippen LogP contribution in [0.4, 0.5) is 0 Å². The van der Waals surface area contributed by atoms with Crippen molar-refractivity contribution < 1.29 is 24.2 Å². The predicted octanol–water partition coefficient (Wildman–Crippen LogP) is 3.02. The van der Waals surface area contributed by atoms with Crippen LogP contribution in [-0.2, 0) is 11.0 Å². The number of hydrogen-bond donors (Lipinski definition) is 3. The predicted molar refractivity (Wildman–Crippen MR) is 86.8 cm³/mol. The molecule has 0 aliphatic heterocycles. The highest BCUT2D eigenvalue weighted by atomic mass is 31.2. The molecule has 0 bridgehead atoms. The molecule has 0 radical (unpaired) electrons. The van der Waals surface area contributed by atoms with E-state index in [1.54, 1.807) is 24.3 Å². The lowest BCUT2D eigenvalue weighted by molar-refractivity contribution is 0.300. The molecule has 1 aromatic heterocycles.